The topological polar surface area (TPSA) is 112 Å². The molecule has 0 aliphatic carbocycles. The highest BCUT2D eigenvalue weighted by atomic mass is 19.1. The van der Waals surface area contributed by atoms with Gasteiger partial charge in [0.25, 0.3) is 0 Å². The third-order valence-corrected chi connectivity index (χ3v) is 6.38. The Balaban J connectivity index is 1.28. The molecule has 0 amide bonds. The number of amidine groups is 1. The van der Waals surface area contributed by atoms with Crippen LogP contribution in [0.15, 0.2) is 54.7 Å². The first-order valence-corrected chi connectivity index (χ1v) is 11.4. The lowest BCUT2D eigenvalue weighted by Crippen LogP contribution is -2.28. The first-order chi connectivity index (χ1) is 16.5. The van der Waals surface area contributed by atoms with Gasteiger partial charge in [-0.25, -0.2) is 14.4 Å². The quantitative estimate of drug-likeness (QED) is 0.343. The van der Waals surface area contributed by atoms with Crippen LogP contribution in [0.1, 0.15) is 30.3 Å². The van der Waals surface area contributed by atoms with Crippen molar-refractivity contribution in [3.05, 3.63) is 71.9 Å². The normalized spacial score (nSPS) is 22.7. The minimum Gasteiger partial charge on any atom is -0.389 e. The van der Waals surface area contributed by atoms with E-state index in [0.29, 0.717) is 36.3 Å². The van der Waals surface area contributed by atoms with Gasteiger partial charge in [-0.3, -0.25) is 5.41 Å². The second-order valence-corrected chi connectivity index (χ2v) is 8.73. The van der Waals surface area contributed by atoms with E-state index in [4.69, 9.17) is 5.41 Å². The fourth-order valence-electron chi connectivity index (χ4n) is 4.63. The van der Waals surface area contributed by atoms with Crippen LogP contribution in [-0.2, 0) is 0 Å². The zero-order valence-electron chi connectivity index (χ0n) is 18.6. The van der Waals surface area contributed by atoms with Gasteiger partial charge < -0.3 is 25.0 Å². The molecule has 1 unspecified atom stereocenters. The van der Waals surface area contributed by atoms with E-state index in [0.717, 1.165) is 30.6 Å². The molecular formula is C25H27FN6O2. The number of aliphatic hydroxyl groups is 2. The molecule has 2 aliphatic heterocycles. The van der Waals surface area contributed by atoms with E-state index in [2.05, 4.69) is 15.0 Å². The van der Waals surface area contributed by atoms with Crippen molar-refractivity contribution in [1.82, 2.24) is 19.9 Å². The average Bonchev–Trinajstić information content (AvgIpc) is 3.58. The number of aromatic nitrogens is 3. The number of aromatic amines is 1. The van der Waals surface area contributed by atoms with Gasteiger partial charge in [-0.1, -0.05) is 18.2 Å². The molecule has 3 atom stereocenters. The Morgan fingerprint density at radius 2 is 1.94 bits per heavy atom. The first kappa shape index (κ1) is 22.2. The number of rotatable bonds is 5. The van der Waals surface area contributed by atoms with Gasteiger partial charge in [0, 0.05) is 19.6 Å². The third kappa shape index (κ3) is 4.57. The lowest BCUT2D eigenvalue weighted by molar-refractivity contribution is 0.0572. The summed E-state index contributed by atoms with van der Waals surface area (Å²) in [7, 11) is 0. The number of halogens is 1. The van der Waals surface area contributed by atoms with Gasteiger partial charge in [0.2, 0.25) is 0 Å². The lowest BCUT2D eigenvalue weighted by Gasteiger charge is -2.26. The number of nitrogens with zero attached hydrogens (tertiary/aromatic N) is 4. The molecule has 176 valence electrons. The zero-order chi connectivity index (χ0) is 23.7. The summed E-state index contributed by atoms with van der Waals surface area (Å²) in [5.41, 5.74) is 2.31. The van der Waals surface area contributed by atoms with Crippen molar-refractivity contribution in [2.24, 2.45) is 0 Å². The number of aliphatic hydroxyl groups excluding tert-OH is 2. The Labute approximate surface area is 196 Å². The van der Waals surface area contributed by atoms with Crippen molar-refractivity contribution < 1.29 is 14.6 Å². The van der Waals surface area contributed by atoms with Crippen LogP contribution < -0.4 is 4.90 Å². The van der Waals surface area contributed by atoms with Crippen LogP contribution in [0.5, 0.6) is 0 Å². The molecule has 8 nitrogen and oxygen atoms in total. The molecule has 1 aromatic carbocycles. The maximum atomic E-state index is 13.7. The van der Waals surface area contributed by atoms with Gasteiger partial charge in [-0.05, 0) is 54.8 Å². The summed E-state index contributed by atoms with van der Waals surface area (Å²) >= 11 is 0. The van der Waals surface area contributed by atoms with E-state index in [1.165, 1.54) is 6.07 Å². The van der Waals surface area contributed by atoms with Crippen LogP contribution in [0.3, 0.4) is 0 Å². The number of likely N-dealkylation sites (tertiary alicyclic amines) is 1. The Morgan fingerprint density at radius 1 is 1.15 bits per heavy atom. The van der Waals surface area contributed by atoms with E-state index in [-0.39, 0.29) is 11.9 Å². The second kappa shape index (κ2) is 9.36. The van der Waals surface area contributed by atoms with Crippen LogP contribution in [-0.4, -0.2) is 67.7 Å². The van der Waals surface area contributed by atoms with Crippen LogP contribution >= 0.6 is 0 Å². The molecule has 0 saturated carbocycles. The van der Waals surface area contributed by atoms with Gasteiger partial charge in [-0.2, -0.15) is 0 Å². The van der Waals surface area contributed by atoms with Gasteiger partial charge in [0.1, 0.15) is 23.3 Å². The van der Waals surface area contributed by atoms with Crippen molar-refractivity contribution in [2.45, 2.75) is 31.1 Å². The number of imidazole rings is 1. The van der Waals surface area contributed by atoms with E-state index >= 15 is 0 Å². The van der Waals surface area contributed by atoms with Crippen LogP contribution in [0.2, 0.25) is 0 Å². The zero-order valence-corrected chi connectivity index (χ0v) is 18.6. The van der Waals surface area contributed by atoms with E-state index in [9.17, 15) is 14.6 Å². The van der Waals surface area contributed by atoms with Crippen molar-refractivity contribution in [1.29, 1.82) is 5.41 Å². The molecular weight excluding hydrogens is 435 g/mol. The van der Waals surface area contributed by atoms with Crippen LogP contribution in [0.25, 0.3) is 17.5 Å². The maximum absolute atomic E-state index is 13.7. The summed E-state index contributed by atoms with van der Waals surface area (Å²) in [6.45, 7) is 1.43. The van der Waals surface area contributed by atoms with Crippen molar-refractivity contribution in [3.63, 3.8) is 0 Å². The summed E-state index contributed by atoms with van der Waals surface area (Å²) in [5, 5.41) is 28.2. The number of β-amino-alcohol motifs (C(OH)–C–C–N with tert-alkyl or cyclic N) is 2. The molecule has 9 heteroatoms. The highest BCUT2D eigenvalue weighted by Gasteiger charge is 2.30. The standard InChI is InChI=1S/C25H27FN6O2/c26-17-5-1-4-16(12-17)20-7-3-11-32(20)23(27)9-10-24-28-13-19(29-24)18-6-2-8-25(30-18)31-14-21(33)22(34)15-31/h1-2,4-6,8-10,12-13,20-22,27,33-34H,3,7,11,14-15H2,(H,28,29)/t20?,21-,22-/m0/s1. The SMILES string of the molecule is N=C(C=Cc1ncc(-c2cccc(N3C[C@H](O)[C@@H](O)C3)n2)[nH]1)N1CCCC1c1cccc(F)c1. The highest BCUT2D eigenvalue weighted by molar-refractivity contribution is 5.94. The number of hydrogen-bond acceptors (Lipinski definition) is 6. The molecule has 34 heavy (non-hydrogen) atoms. The Morgan fingerprint density at radius 3 is 2.74 bits per heavy atom. The Bertz CT molecular complexity index is 1200. The molecule has 4 heterocycles. The van der Waals surface area contributed by atoms with Gasteiger partial charge in [0.05, 0.1) is 35.8 Å². The van der Waals surface area contributed by atoms with E-state index in [1.807, 2.05) is 34.1 Å². The molecule has 2 aromatic heterocycles. The molecule has 5 rings (SSSR count). The molecule has 0 spiro atoms. The average molecular weight is 463 g/mol. The fourth-order valence-corrected chi connectivity index (χ4v) is 4.63. The molecule has 0 radical (unpaired) electrons. The summed E-state index contributed by atoms with van der Waals surface area (Å²) in [6.07, 6.45) is 5.43. The molecule has 3 aromatic rings. The Kier molecular flexibility index (Phi) is 6.12. The summed E-state index contributed by atoms with van der Waals surface area (Å²) in [5.74, 6) is 1.37. The summed E-state index contributed by atoms with van der Waals surface area (Å²) in [6, 6.07) is 12.2. The largest absolute Gasteiger partial charge is 0.389 e. The van der Waals surface area contributed by atoms with Gasteiger partial charge in [-0.15, -0.1) is 0 Å². The van der Waals surface area contributed by atoms with E-state index < -0.39 is 12.2 Å². The molecule has 0 bridgehead atoms. The molecule has 4 N–H and O–H groups in total. The molecule has 2 aliphatic rings. The number of benzene rings is 1. The summed E-state index contributed by atoms with van der Waals surface area (Å²) in [4.78, 5) is 16.1. The van der Waals surface area contributed by atoms with Gasteiger partial charge >= 0.3 is 0 Å². The predicted octanol–water partition coefficient (Wildman–Crippen LogP) is 2.98. The smallest absolute Gasteiger partial charge is 0.130 e. The van der Waals surface area contributed by atoms with Crippen molar-refractivity contribution >= 4 is 17.7 Å². The first-order valence-electron chi connectivity index (χ1n) is 11.4. The van der Waals surface area contributed by atoms with Crippen molar-refractivity contribution in [2.75, 3.05) is 24.5 Å². The monoisotopic (exact) mass is 462 g/mol. The second-order valence-electron chi connectivity index (χ2n) is 8.73. The number of pyridine rings is 1. The lowest BCUT2D eigenvalue weighted by atomic mass is 10.0. The van der Waals surface area contributed by atoms with Crippen LogP contribution in [0.4, 0.5) is 10.2 Å². The number of anilines is 1. The number of nitrogens with one attached hydrogen (secondary N) is 2. The minimum absolute atomic E-state index is 0.00502. The highest BCUT2D eigenvalue weighted by Crippen LogP contribution is 2.32. The Hall–Kier alpha value is -3.56. The maximum Gasteiger partial charge on any atom is 0.130 e. The molecule has 2 fully saturated rings. The van der Waals surface area contributed by atoms with E-state index in [1.54, 1.807) is 30.5 Å². The van der Waals surface area contributed by atoms with Crippen molar-refractivity contribution in [3.8, 4) is 11.4 Å². The summed E-state index contributed by atoms with van der Waals surface area (Å²) < 4.78 is 13.7. The minimum atomic E-state index is -0.777. The van der Waals surface area contributed by atoms with Gasteiger partial charge in [0.15, 0.2) is 0 Å². The third-order valence-electron chi connectivity index (χ3n) is 6.38. The van der Waals surface area contributed by atoms with Crippen LogP contribution in [0, 0.1) is 11.2 Å². The predicted molar refractivity (Wildman–Crippen MR) is 128 cm³/mol. The number of H-pyrrole nitrogens is 1. The fraction of sp³-hybridized carbons (Fsp3) is 0.320. The molecule has 2 saturated heterocycles. The number of hydrogen-bond donors (Lipinski definition) is 4.